The molecule has 0 bridgehead atoms. The van der Waals surface area contributed by atoms with Crippen LogP contribution in [0.5, 0.6) is 0 Å². The smallest absolute Gasteiger partial charge is 0.404 e. The molecule has 1 atom stereocenters. The third-order valence-corrected chi connectivity index (χ3v) is 2.47. The van der Waals surface area contributed by atoms with Gasteiger partial charge in [-0.05, 0) is 12.1 Å². The molecular weight excluding hydrogens is 251 g/mol. The quantitative estimate of drug-likeness (QED) is 0.910. The summed E-state index contributed by atoms with van der Waals surface area (Å²) in [5, 5.41) is 15.8. The van der Waals surface area contributed by atoms with Gasteiger partial charge in [-0.15, -0.1) is 5.10 Å². The van der Waals surface area contributed by atoms with Gasteiger partial charge in [-0.25, -0.2) is 4.68 Å². The van der Waals surface area contributed by atoms with Crippen LogP contribution in [0.15, 0.2) is 24.3 Å². The number of aromatic nitrogens is 3. The van der Waals surface area contributed by atoms with Gasteiger partial charge in [0, 0.05) is 0 Å². The monoisotopic (exact) mass is 259 g/mol. The molecule has 1 aromatic heterocycles. The lowest BCUT2D eigenvalue weighted by Gasteiger charge is -2.15. The standard InChI is InChI=1S/C10H8F3N3O2/c11-10(12,13)6(9(17)18)5-16-8-4-2-1-3-7(8)14-15-16/h1-4,6H,5H2,(H,17,18). The molecule has 18 heavy (non-hydrogen) atoms. The van der Waals surface area contributed by atoms with Crippen molar-refractivity contribution in [3.8, 4) is 0 Å². The molecule has 2 aromatic rings. The second-order valence-electron chi connectivity index (χ2n) is 3.69. The van der Waals surface area contributed by atoms with Gasteiger partial charge in [0.15, 0.2) is 5.92 Å². The number of carboxylic acid groups (broad SMARTS) is 1. The average molecular weight is 259 g/mol. The highest BCUT2D eigenvalue weighted by Crippen LogP contribution is 2.28. The van der Waals surface area contributed by atoms with Gasteiger partial charge < -0.3 is 5.11 Å². The van der Waals surface area contributed by atoms with Crippen LogP contribution in [0.3, 0.4) is 0 Å². The van der Waals surface area contributed by atoms with Crippen molar-refractivity contribution in [1.29, 1.82) is 0 Å². The summed E-state index contributed by atoms with van der Waals surface area (Å²) in [4.78, 5) is 10.6. The Hall–Kier alpha value is -2.12. The van der Waals surface area contributed by atoms with Crippen LogP contribution < -0.4 is 0 Å². The Morgan fingerprint density at radius 3 is 2.67 bits per heavy atom. The fourth-order valence-electron chi connectivity index (χ4n) is 1.55. The molecule has 96 valence electrons. The molecule has 1 unspecified atom stereocenters. The molecule has 0 aliphatic heterocycles. The topological polar surface area (TPSA) is 68.0 Å². The van der Waals surface area contributed by atoms with E-state index in [1.54, 1.807) is 18.2 Å². The number of para-hydroxylation sites is 1. The van der Waals surface area contributed by atoms with Gasteiger partial charge in [0.25, 0.3) is 0 Å². The third-order valence-electron chi connectivity index (χ3n) is 2.47. The number of hydrogen-bond acceptors (Lipinski definition) is 3. The second-order valence-corrected chi connectivity index (χ2v) is 3.69. The maximum atomic E-state index is 12.5. The summed E-state index contributed by atoms with van der Waals surface area (Å²) >= 11 is 0. The summed E-state index contributed by atoms with van der Waals surface area (Å²) < 4.78 is 38.5. The fraction of sp³-hybridized carbons (Fsp3) is 0.300. The molecule has 0 amide bonds. The number of hydrogen-bond donors (Lipinski definition) is 1. The molecule has 1 aromatic carbocycles. The molecule has 0 saturated heterocycles. The van der Waals surface area contributed by atoms with E-state index in [0.29, 0.717) is 11.0 Å². The van der Waals surface area contributed by atoms with E-state index in [0.717, 1.165) is 4.68 Å². The molecule has 0 spiro atoms. The van der Waals surface area contributed by atoms with Crippen LogP contribution in [0.2, 0.25) is 0 Å². The van der Waals surface area contributed by atoms with Crippen molar-refractivity contribution in [3.63, 3.8) is 0 Å². The molecule has 1 N–H and O–H groups in total. The maximum absolute atomic E-state index is 12.5. The minimum atomic E-state index is -4.82. The number of carboxylic acids is 1. The van der Waals surface area contributed by atoms with Crippen LogP contribution in [0, 0.1) is 5.92 Å². The van der Waals surface area contributed by atoms with Crippen molar-refractivity contribution in [2.24, 2.45) is 5.92 Å². The largest absolute Gasteiger partial charge is 0.481 e. The molecule has 0 fully saturated rings. The highest BCUT2D eigenvalue weighted by molar-refractivity contribution is 5.75. The van der Waals surface area contributed by atoms with Crippen molar-refractivity contribution < 1.29 is 23.1 Å². The number of rotatable bonds is 3. The van der Waals surface area contributed by atoms with Gasteiger partial charge in [-0.3, -0.25) is 4.79 Å². The van der Waals surface area contributed by atoms with Gasteiger partial charge in [-0.1, -0.05) is 17.3 Å². The third kappa shape index (κ3) is 2.27. The number of halogens is 3. The Morgan fingerprint density at radius 2 is 2.06 bits per heavy atom. The first-order valence-corrected chi connectivity index (χ1v) is 4.97. The zero-order chi connectivity index (χ0) is 13.3. The molecule has 0 aliphatic carbocycles. The Balaban J connectivity index is 2.35. The Bertz CT molecular complexity index is 579. The highest BCUT2D eigenvalue weighted by Gasteiger charge is 2.45. The number of alkyl halides is 3. The minimum Gasteiger partial charge on any atom is -0.481 e. The summed E-state index contributed by atoms with van der Waals surface area (Å²) in [6, 6.07) is 6.40. The lowest BCUT2D eigenvalue weighted by atomic mass is 10.1. The van der Waals surface area contributed by atoms with Gasteiger partial charge >= 0.3 is 12.1 Å². The van der Waals surface area contributed by atoms with Crippen molar-refractivity contribution in [2.75, 3.05) is 0 Å². The second kappa shape index (κ2) is 4.28. The molecule has 1 heterocycles. The van der Waals surface area contributed by atoms with Crippen LogP contribution in [0.4, 0.5) is 13.2 Å². The zero-order valence-electron chi connectivity index (χ0n) is 8.92. The lowest BCUT2D eigenvalue weighted by molar-refractivity contribution is -0.196. The summed E-state index contributed by atoms with van der Waals surface area (Å²) in [6.45, 7) is -0.792. The molecule has 2 rings (SSSR count). The van der Waals surface area contributed by atoms with E-state index in [1.165, 1.54) is 6.07 Å². The minimum absolute atomic E-state index is 0.369. The average Bonchev–Trinajstić information content (AvgIpc) is 2.67. The molecule has 5 nitrogen and oxygen atoms in total. The van der Waals surface area contributed by atoms with Gasteiger partial charge in [-0.2, -0.15) is 13.2 Å². The Kier molecular flexibility index (Phi) is 2.93. The van der Waals surface area contributed by atoms with Crippen LogP contribution in [-0.2, 0) is 11.3 Å². The highest BCUT2D eigenvalue weighted by atomic mass is 19.4. The van der Waals surface area contributed by atoms with E-state index < -0.39 is 24.6 Å². The van der Waals surface area contributed by atoms with Crippen molar-refractivity contribution >= 4 is 17.0 Å². The van der Waals surface area contributed by atoms with Crippen LogP contribution in [-0.4, -0.2) is 32.2 Å². The molecular formula is C10H8F3N3O2. The van der Waals surface area contributed by atoms with E-state index in [9.17, 15) is 18.0 Å². The van der Waals surface area contributed by atoms with Gasteiger partial charge in [0.1, 0.15) is 5.52 Å². The summed E-state index contributed by atoms with van der Waals surface area (Å²) in [5.74, 6) is -4.43. The molecule has 8 heteroatoms. The summed E-state index contributed by atoms with van der Waals surface area (Å²) in [7, 11) is 0. The summed E-state index contributed by atoms with van der Waals surface area (Å²) in [6.07, 6.45) is -4.82. The summed E-state index contributed by atoms with van der Waals surface area (Å²) in [5.41, 5.74) is 0.789. The Morgan fingerprint density at radius 1 is 1.39 bits per heavy atom. The van der Waals surface area contributed by atoms with Crippen LogP contribution in [0.25, 0.3) is 11.0 Å². The zero-order valence-corrected chi connectivity index (χ0v) is 8.92. The van der Waals surface area contributed by atoms with E-state index in [1.807, 2.05) is 0 Å². The molecule has 0 radical (unpaired) electrons. The first-order valence-electron chi connectivity index (χ1n) is 4.97. The lowest BCUT2D eigenvalue weighted by Crippen LogP contribution is -2.34. The van der Waals surface area contributed by atoms with E-state index in [4.69, 9.17) is 5.11 Å². The van der Waals surface area contributed by atoms with Gasteiger partial charge in [0.05, 0.1) is 12.1 Å². The van der Waals surface area contributed by atoms with Gasteiger partial charge in [0.2, 0.25) is 0 Å². The van der Waals surface area contributed by atoms with Crippen molar-refractivity contribution in [3.05, 3.63) is 24.3 Å². The number of benzene rings is 1. The number of fused-ring (bicyclic) bond motifs is 1. The predicted molar refractivity (Wildman–Crippen MR) is 54.7 cm³/mol. The van der Waals surface area contributed by atoms with E-state index in [-0.39, 0.29) is 0 Å². The Labute approximate surface area is 98.8 Å². The van der Waals surface area contributed by atoms with E-state index in [2.05, 4.69) is 10.3 Å². The number of carbonyl (C=O) groups is 1. The number of nitrogens with zero attached hydrogens (tertiary/aromatic N) is 3. The fourth-order valence-corrected chi connectivity index (χ4v) is 1.55. The van der Waals surface area contributed by atoms with Crippen molar-refractivity contribution in [1.82, 2.24) is 15.0 Å². The van der Waals surface area contributed by atoms with Crippen molar-refractivity contribution in [2.45, 2.75) is 12.7 Å². The molecule has 0 saturated carbocycles. The first kappa shape index (κ1) is 12.3. The first-order chi connectivity index (χ1) is 8.39. The predicted octanol–water partition coefficient (Wildman–Crippen LogP) is 1.69. The number of aliphatic carboxylic acids is 1. The van der Waals surface area contributed by atoms with Crippen LogP contribution in [0.1, 0.15) is 0 Å². The SMILES string of the molecule is O=C(O)C(Cn1nnc2ccccc21)C(F)(F)F. The molecule has 0 aliphatic rings. The maximum Gasteiger partial charge on any atom is 0.404 e. The van der Waals surface area contributed by atoms with E-state index >= 15 is 0 Å². The normalized spacial score (nSPS) is 13.7. The van der Waals surface area contributed by atoms with Crippen LogP contribution >= 0.6 is 0 Å².